The van der Waals surface area contributed by atoms with Crippen molar-refractivity contribution in [2.24, 2.45) is 0 Å². The Morgan fingerprint density at radius 1 is 1.30 bits per heavy atom. The van der Waals surface area contributed by atoms with Crippen LogP contribution in [0.15, 0.2) is 12.3 Å². The van der Waals surface area contributed by atoms with Gasteiger partial charge in [0.05, 0.1) is 5.56 Å². The lowest BCUT2D eigenvalue weighted by Gasteiger charge is -2.33. The van der Waals surface area contributed by atoms with Crippen LogP contribution in [0.5, 0.6) is 0 Å². The molecule has 6 nitrogen and oxygen atoms in total. The highest BCUT2D eigenvalue weighted by molar-refractivity contribution is 6.01. The predicted molar refractivity (Wildman–Crippen MR) is 76.9 cm³/mol. The van der Waals surface area contributed by atoms with Gasteiger partial charge >= 0.3 is 0 Å². The quantitative estimate of drug-likeness (QED) is 0.822. The number of carbonyl (C=O) groups is 1. The number of aryl methyl sites for hydroxylation is 1. The van der Waals surface area contributed by atoms with Crippen molar-refractivity contribution in [2.75, 3.05) is 32.1 Å². The number of aromatic nitrogens is 3. The zero-order valence-corrected chi connectivity index (χ0v) is 11.9. The number of fused-ring (bicyclic) bond motifs is 1. The van der Waals surface area contributed by atoms with Gasteiger partial charge < -0.3 is 9.80 Å². The first kappa shape index (κ1) is 12.8. The van der Waals surface area contributed by atoms with E-state index in [1.165, 1.54) is 0 Å². The molecule has 1 aliphatic heterocycles. The molecule has 2 aromatic heterocycles. The van der Waals surface area contributed by atoms with E-state index in [1.54, 1.807) is 25.2 Å². The number of nitrogens with zero attached hydrogens (tertiary/aromatic N) is 5. The molecule has 0 saturated carbocycles. The van der Waals surface area contributed by atoms with Gasteiger partial charge in [-0.3, -0.25) is 4.79 Å². The average Bonchev–Trinajstić information content (AvgIpc) is 2.35. The van der Waals surface area contributed by atoms with E-state index in [1.807, 2.05) is 13.0 Å². The zero-order valence-electron chi connectivity index (χ0n) is 11.9. The van der Waals surface area contributed by atoms with E-state index in [0.29, 0.717) is 17.0 Å². The fourth-order valence-corrected chi connectivity index (χ4v) is 2.21. The Morgan fingerprint density at radius 3 is 2.65 bits per heavy atom. The van der Waals surface area contributed by atoms with Gasteiger partial charge in [-0.05, 0) is 19.4 Å². The van der Waals surface area contributed by atoms with Crippen molar-refractivity contribution in [1.82, 2.24) is 19.9 Å². The molecule has 104 valence electrons. The van der Waals surface area contributed by atoms with E-state index >= 15 is 0 Å². The van der Waals surface area contributed by atoms with Gasteiger partial charge in [0.15, 0.2) is 5.65 Å². The van der Waals surface area contributed by atoms with Crippen molar-refractivity contribution in [3.8, 4) is 0 Å². The lowest BCUT2D eigenvalue weighted by molar-refractivity contribution is 0.0828. The number of rotatable bonds is 2. The smallest absolute Gasteiger partial charge is 0.257 e. The molecule has 1 aliphatic rings. The SMILES string of the molecule is Cc1ncc2cc(C(=O)N(C)C)c(N3CCC3)nc2n1. The second kappa shape index (κ2) is 4.70. The minimum Gasteiger partial charge on any atom is -0.356 e. The highest BCUT2D eigenvalue weighted by atomic mass is 16.2. The molecule has 0 unspecified atom stereocenters. The molecule has 0 radical (unpaired) electrons. The maximum Gasteiger partial charge on any atom is 0.257 e. The van der Waals surface area contributed by atoms with Crippen LogP contribution in [-0.4, -0.2) is 52.9 Å². The summed E-state index contributed by atoms with van der Waals surface area (Å²) >= 11 is 0. The lowest BCUT2D eigenvalue weighted by atomic mass is 10.1. The zero-order chi connectivity index (χ0) is 14.3. The molecular formula is C14H17N5O. The second-order valence-corrected chi connectivity index (χ2v) is 5.23. The number of carbonyl (C=O) groups excluding carboxylic acids is 1. The number of pyridine rings is 1. The van der Waals surface area contributed by atoms with Crippen LogP contribution < -0.4 is 4.90 Å². The van der Waals surface area contributed by atoms with Crippen LogP contribution in [0.25, 0.3) is 11.0 Å². The van der Waals surface area contributed by atoms with Crippen molar-refractivity contribution in [3.05, 3.63) is 23.7 Å². The summed E-state index contributed by atoms with van der Waals surface area (Å²) in [5.74, 6) is 1.38. The summed E-state index contributed by atoms with van der Waals surface area (Å²) in [4.78, 5) is 29.1. The van der Waals surface area contributed by atoms with Crippen LogP contribution in [0, 0.1) is 6.92 Å². The fraction of sp³-hybridized carbons (Fsp3) is 0.429. The molecule has 1 amide bonds. The number of anilines is 1. The first-order valence-electron chi connectivity index (χ1n) is 6.67. The molecule has 0 N–H and O–H groups in total. The second-order valence-electron chi connectivity index (χ2n) is 5.23. The van der Waals surface area contributed by atoms with E-state index in [2.05, 4.69) is 19.9 Å². The first-order chi connectivity index (χ1) is 9.56. The van der Waals surface area contributed by atoms with Gasteiger partial charge in [-0.2, -0.15) is 0 Å². The van der Waals surface area contributed by atoms with Crippen LogP contribution in [-0.2, 0) is 0 Å². The molecule has 0 aliphatic carbocycles. The summed E-state index contributed by atoms with van der Waals surface area (Å²) in [6.07, 6.45) is 2.86. The number of hydrogen-bond donors (Lipinski definition) is 0. The summed E-state index contributed by atoms with van der Waals surface area (Å²) in [6, 6.07) is 1.84. The van der Waals surface area contributed by atoms with Crippen molar-refractivity contribution in [3.63, 3.8) is 0 Å². The molecule has 6 heteroatoms. The Balaban J connectivity index is 2.19. The van der Waals surface area contributed by atoms with Gasteiger partial charge in [0, 0.05) is 38.8 Å². The third-order valence-corrected chi connectivity index (χ3v) is 3.46. The van der Waals surface area contributed by atoms with Crippen molar-refractivity contribution in [2.45, 2.75) is 13.3 Å². The maximum atomic E-state index is 12.3. The molecule has 0 spiro atoms. The standard InChI is InChI=1S/C14H17N5O/c1-9-15-8-10-7-11(14(20)18(2)3)13(17-12(10)16-9)19-5-4-6-19/h7-8H,4-6H2,1-3H3. The molecule has 2 aromatic rings. The predicted octanol–water partition coefficient (Wildman–Crippen LogP) is 1.25. The molecule has 0 bridgehead atoms. The molecule has 1 fully saturated rings. The Bertz CT molecular complexity index is 679. The average molecular weight is 271 g/mol. The van der Waals surface area contributed by atoms with E-state index in [4.69, 9.17) is 0 Å². The molecule has 3 rings (SSSR count). The number of amides is 1. The topological polar surface area (TPSA) is 62.2 Å². The normalized spacial score (nSPS) is 14.2. The van der Waals surface area contributed by atoms with Crippen molar-refractivity contribution >= 4 is 22.8 Å². The highest BCUT2D eigenvalue weighted by Gasteiger charge is 2.24. The molecule has 0 atom stereocenters. The summed E-state index contributed by atoms with van der Waals surface area (Å²) < 4.78 is 0. The summed E-state index contributed by atoms with van der Waals surface area (Å²) in [6.45, 7) is 3.72. The third kappa shape index (κ3) is 2.07. The molecule has 1 saturated heterocycles. The first-order valence-corrected chi connectivity index (χ1v) is 6.67. The van der Waals surface area contributed by atoms with Gasteiger partial charge in [-0.15, -0.1) is 0 Å². The molecule has 3 heterocycles. The fourth-order valence-electron chi connectivity index (χ4n) is 2.21. The van der Waals surface area contributed by atoms with Gasteiger partial charge in [0.1, 0.15) is 11.6 Å². The van der Waals surface area contributed by atoms with Crippen molar-refractivity contribution in [1.29, 1.82) is 0 Å². The van der Waals surface area contributed by atoms with E-state index in [9.17, 15) is 4.79 Å². The largest absolute Gasteiger partial charge is 0.356 e. The molecule has 20 heavy (non-hydrogen) atoms. The van der Waals surface area contributed by atoms with E-state index < -0.39 is 0 Å². The van der Waals surface area contributed by atoms with Gasteiger partial charge in [0.2, 0.25) is 0 Å². The molecule has 0 aromatic carbocycles. The number of hydrogen-bond acceptors (Lipinski definition) is 5. The van der Waals surface area contributed by atoms with Crippen LogP contribution in [0.2, 0.25) is 0 Å². The van der Waals surface area contributed by atoms with Crippen LogP contribution in [0.4, 0.5) is 5.82 Å². The Morgan fingerprint density at radius 2 is 2.05 bits per heavy atom. The Labute approximate surface area is 117 Å². The highest BCUT2D eigenvalue weighted by Crippen LogP contribution is 2.26. The molecular weight excluding hydrogens is 254 g/mol. The van der Waals surface area contributed by atoms with Gasteiger partial charge in [0.25, 0.3) is 5.91 Å². The third-order valence-electron chi connectivity index (χ3n) is 3.46. The van der Waals surface area contributed by atoms with E-state index in [-0.39, 0.29) is 5.91 Å². The maximum absolute atomic E-state index is 12.3. The van der Waals surface area contributed by atoms with Crippen LogP contribution >= 0.6 is 0 Å². The van der Waals surface area contributed by atoms with E-state index in [0.717, 1.165) is 30.7 Å². The van der Waals surface area contributed by atoms with Crippen molar-refractivity contribution < 1.29 is 4.79 Å². The van der Waals surface area contributed by atoms with Gasteiger partial charge in [-0.1, -0.05) is 0 Å². The van der Waals surface area contributed by atoms with Crippen LogP contribution in [0.1, 0.15) is 22.6 Å². The van der Waals surface area contributed by atoms with Crippen LogP contribution in [0.3, 0.4) is 0 Å². The summed E-state index contributed by atoms with van der Waals surface area (Å²) in [5, 5.41) is 0.796. The minimum atomic E-state index is -0.0399. The Hall–Kier alpha value is -2.24. The summed E-state index contributed by atoms with van der Waals surface area (Å²) in [7, 11) is 3.50. The van der Waals surface area contributed by atoms with Gasteiger partial charge in [-0.25, -0.2) is 15.0 Å². The summed E-state index contributed by atoms with van der Waals surface area (Å²) in [5.41, 5.74) is 1.27. The monoisotopic (exact) mass is 271 g/mol. The lowest BCUT2D eigenvalue weighted by Crippen LogP contribution is -2.39. The minimum absolute atomic E-state index is 0.0399. The Kier molecular flexibility index (Phi) is 3.00.